The Morgan fingerprint density at radius 1 is 1.31 bits per heavy atom. The first-order chi connectivity index (χ1) is 7.72. The van der Waals surface area contributed by atoms with E-state index in [0.717, 1.165) is 19.4 Å². The molecule has 2 atom stereocenters. The molecule has 2 fully saturated rings. The zero-order valence-electron chi connectivity index (χ0n) is 9.78. The number of rotatable bonds is 3. The van der Waals surface area contributed by atoms with Gasteiger partial charge < -0.3 is 9.64 Å². The molecule has 2 unspecified atom stereocenters. The molecule has 90 valence electrons. The maximum atomic E-state index is 11.9. The van der Waals surface area contributed by atoms with Crippen molar-refractivity contribution in [2.75, 3.05) is 13.2 Å². The van der Waals surface area contributed by atoms with Crippen molar-refractivity contribution >= 4 is 11.9 Å². The van der Waals surface area contributed by atoms with Crippen molar-refractivity contribution in [2.24, 2.45) is 5.92 Å². The van der Waals surface area contributed by atoms with Gasteiger partial charge in [-0.1, -0.05) is 6.42 Å². The molecule has 1 amide bonds. The molecule has 0 bridgehead atoms. The van der Waals surface area contributed by atoms with E-state index >= 15 is 0 Å². The zero-order chi connectivity index (χ0) is 11.5. The maximum Gasteiger partial charge on any atom is 0.315 e. The molecular formula is C12H19NO3. The Balaban J connectivity index is 1.87. The smallest absolute Gasteiger partial charge is 0.315 e. The summed E-state index contributed by atoms with van der Waals surface area (Å²) in [7, 11) is 0. The van der Waals surface area contributed by atoms with Crippen molar-refractivity contribution in [2.45, 2.75) is 45.1 Å². The van der Waals surface area contributed by atoms with Gasteiger partial charge in [0.15, 0.2) is 0 Å². The molecule has 0 radical (unpaired) electrons. The van der Waals surface area contributed by atoms with Gasteiger partial charge in [0.05, 0.1) is 6.61 Å². The largest absolute Gasteiger partial charge is 0.466 e. The average Bonchev–Trinajstić information content (AvgIpc) is 2.77. The Bertz CT molecular complexity index is 290. The molecule has 0 aromatic carbocycles. The van der Waals surface area contributed by atoms with Gasteiger partial charge in [0.1, 0.15) is 6.42 Å². The van der Waals surface area contributed by atoms with E-state index in [-0.39, 0.29) is 12.3 Å². The third-order valence-electron chi connectivity index (χ3n) is 3.68. The molecule has 2 aliphatic rings. The van der Waals surface area contributed by atoms with Crippen LogP contribution in [0.4, 0.5) is 0 Å². The normalized spacial score (nSPS) is 27.9. The SMILES string of the molecule is CCOC(=O)CC(=O)N1CCC2CCCC21. The molecule has 1 heterocycles. The number of carbonyl (C=O) groups excluding carboxylic acids is 2. The van der Waals surface area contributed by atoms with E-state index in [1.54, 1.807) is 6.92 Å². The van der Waals surface area contributed by atoms with Crippen molar-refractivity contribution < 1.29 is 14.3 Å². The number of ether oxygens (including phenoxy) is 1. The monoisotopic (exact) mass is 225 g/mol. The summed E-state index contributed by atoms with van der Waals surface area (Å²) in [5, 5.41) is 0. The highest BCUT2D eigenvalue weighted by atomic mass is 16.5. The van der Waals surface area contributed by atoms with Crippen LogP contribution in [0.5, 0.6) is 0 Å². The lowest BCUT2D eigenvalue weighted by Crippen LogP contribution is -2.37. The van der Waals surface area contributed by atoms with Crippen LogP contribution in [0, 0.1) is 5.92 Å². The molecule has 1 saturated heterocycles. The second-order valence-electron chi connectivity index (χ2n) is 4.62. The number of esters is 1. The fourth-order valence-electron chi connectivity index (χ4n) is 2.98. The number of fused-ring (bicyclic) bond motifs is 1. The van der Waals surface area contributed by atoms with E-state index in [2.05, 4.69) is 0 Å². The molecular weight excluding hydrogens is 206 g/mol. The van der Waals surface area contributed by atoms with Gasteiger partial charge in [0, 0.05) is 12.6 Å². The summed E-state index contributed by atoms with van der Waals surface area (Å²) >= 11 is 0. The van der Waals surface area contributed by atoms with E-state index in [1.165, 1.54) is 12.8 Å². The zero-order valence-corrected chi connectivity index (χ0v) is 9.78. The van der Waals surface area contributed by atoms with Crippen LogP contribution in [0.15, 0.2) is 0 Å². The first-order valence-corrected chi connectivity index (χ1v) is 6.17. The Kier molecular flexibility index (Phi) is 3.46. The third-order valence-corrected chi connectivity index (χ3v) is 3.68. The van der Waals surface area contributed by atoms with E-state index in [0.29, 0.717) is 18.6 Å². The molecule has 0 N–H and O–H groups in total. The molecule has 0 aromatic rings. The Labute approximate surface area is 95.9 Å². The second-order valence-corrected chi connectivity index (χ2v) is 4.62. The van der Waals surface area contributed by atoms with Crippen LogP contribution in [0.3, 0.4) is 0 Å². The van der Waals surface area contributed by atoms with Crippen LogP contribution in [-0.2, 0) is 14.3 Å². The number of carbonyl (C=O) groups is 2. The third kappa shape index (κ3) is 2.20. The molecule has 1 saturated carbocycles. The van der Waals surface area contributed by atoms with Gasteiger partial charge in [0.25, 0.3) is 0 Å². The molecule has 2 rings (SSSR count). The fraction of sp³-hybridized carbons (Fsp3) is 0.833. The summed E-state index contributed by atoms with van der Waals surface area (Å²) in [4.78, 5) is 25.0. The molecule has 1 aliphatic heterocycles. The summed E-state index contributed by atoms with van der Waals surface area (Å²) in [5.41, 5.74) is 0. The summed E-state index contributed by atoms with van der Waals surface area (Å²) < 4.78 is 4.80. The predicted octanol–water partition coefficient (Wildman–Crippen LogP) is 1.34. The number of nitrogens with zero attached hydrogens (tertiary/aromatic N) is 1. The van der Waals surface area contributed by atoms with Crippen LogP contribution < -0.4 is 0 Å². The van der Waals surface area contributed by atoms with Crippen LogP contribution in [0.25, 0.3) is 0 Å². The van der Waals surface area contributed by atoms with Gasteiger partial charge in [0.2, 0.25) is 5.91 Å². The van der Waals surface area contributed by atoms with Crippen LogP contribution in [0.1, 0.15) is 39.0 Å². The minimum Gasteiger partial charge on any atom is -0.466 e. The molecule has 1 aliphatic carbocycles. The molecule has 0 aromatic heterocycles. The number of amides is 1. The quantitative estimate of drug-likeness (QED) is 0.538. The van der Waals surface area contributed by atoms with Gasteiger partial charge in [-0.3, -0.25) is 9.59 Å². The van der Waals surface area contributed by atoms with Crippen molar-refractivity contribution in [3.63, 3.8) is 0 Å². The van der Waals surface area contributed by atoms with Crippen LogP contribution in [0.2, 0.25) is 0 Å². The lowest BCUT2D eigenvalue weighted by molar-refractivity contribution is -0.148. The molecule has 4 nitrogen and oxygen atoms in total. The molecule has 0 spiro atoms. The first kappa shape index (κ1) is 11.4. The number of hydrogen-bond donors (Lipinski definition) is 0. The van der Waals surface area contributed by atoms with E-state index in [4.69, 9.17) is 4.74 Å². The minimum atomic E-state index is -0.394. The highest BCUT2D eigenvalue weighted by molar-refractivity contribution is 5.94. The Hall–Kier alpha value is -1.06. The van der Waals surface area contributed by atoms with Crippen LogP contribution in [-0.4, -0.2) is 36.0 Å². The predicted molar refractivity (Wildman–Crippen MR) is 58.7 cm³/mol. The number of hydrogen-bond acceptors (Lipinski definition) is 3. The Morgan fingerprint density at radius 2 is 2.12 bits per heavy atom. The first-order valence-electron chi connectivity index (χ1n) is 6.17. The van der Waals surface area contributed by atoms with E-state index in [1.807, 2.05) is 4.90 Å². The van der Waals surface area contributed by atoms with Crippen molar-refractivity contribution in [3.05, 3.63) is 0 Å². The van der Waals surface area contributed by atoms with Crippen molar-refractivity contribution in [1.29, 1.82) is 0 Å². The van der Waals surface area contributed by atoms with Crippen molar-refractivity contribution in [3.8, 4) is 0 Å². The van der Waals surface area contributed by atoms with Crippen LogP contribution >= 0.6 is 0 Å². The van der Waals surface area contributed by atoms with Crippen molar-refractivity contribution in [1.82, 2.24) is 4.90 Å². The van der Waals surface area contributed by atoms with Gasteiger partial charge in [-0.15, -0.1) is 0 Å². The van der Waals surface area contributed by atoms with Gasteiger partial charge in [-0.25, -0.2) is 0 Å². The molecule has 4 heteroatoms. The van der Waals surface area contributed by atoms with E-state index < -0.39 is 5.97 Å². The molecule has 16 heavy (non-hydrogen) atoms. The van der Waals surface area contributed by atoms with Gasteiger partial charge in [-0.05, 0) is 32.1 Å². The second kappa shape index (κ2) is 4.85. The topological polar surface area (TPSA) is 46.6 Å². The standard InChI is InChI=1S/C12H19NO3/c1-2-16-12(15)8-11(14)13-7-6-9-4-3-5-10(9)13/h9-10H,2-8H2,1H3. The van der Waals surface area contributed by atoms with Gasteiger partial charge >= 0.3 is 5.97 Å². The fourth-order valence-corrected chi connectivity index (χ4v) is 2.98. The highest BCUT2D eigenvalue weighted by Gasteiger charge is 2.39. The minimum absolute atomic E-state index is 0.0483. The summed E-state index contributed by atoms with van der Waals surface area (Å²) in [6.45, 7) is 2.93. The summed E-state index contributed by atoms with van der Waals surface area (Å²) in [6, 6.07) is 0.405. The average molecular weight is 225 g/mol. The lowest BCUT2D eigenvalue weighted by atomic mass is 10.0. The summed E-state index contributed by atoms with van der Waals surface area (Å²) in [6.07, 6.45) is 4.60. The maximum absolute atomic E-state index is 11.9. The summed E-state index contributed by atoms with van der Waals surface area (Å²) in [5.74, 6) is 0.243. The Morgan fingerprint density at radius 3 is 2.88 bits per heavy atom. The highest BCUT2D eigenvalue weighted by Crippen LogP contribution is 2.37. The van der Waals surface area contributed by atoms with Gasteiger partial charge in [-0.2, -0.15) is 0 Å². The lowest BCUT2D eigenvalue weighted by Gasteiger charge is -2.23. The number of likely N-dealkylation sites (tertiary alicyclic amines) is 1. The van der Waals surface area contributed by atoms with E-state index in [9.17, 15) is 9.59 Å².